The van der Waals surface area contributed by atoms with Gasteiger partial charge in [-0.15, -0.1) is 0 Å². The van der Waals surface area contributed by atoms with Gasteiger partial charge >= 0.3 is 0 Å². The van der Waals surface area contributed by atoms with E-state index in [1.165, 1.54) is 11.3 Å². The molecule has 3 heterocycles. The fraction of sp³-hybridized carbons (Fsp3) is 0.314. The first-order valence-corrected chi connectivity index (χ1v) is 16.0. The number of unbranched alkanes of at least 4 members (excludes halogenated alkanes) is 1. The molecular formula is C35H36N4O4S. The van der Waals surface area contributed by atoms with E-state index in [-0.39, 0.29) is 17.4 Å². The van der Waals surface area contributed by atoms with Crippen LogP contribution in [0.3, 0.4) is 0 Å². The van der Waals surface area contributed by atoms with E-state index in [1.54, 1.807) is 21.5 Å². The van der Waals surface area contributed by atoms with E-state index in [1.807, 2.05) is 81.4 Å². The van der Waals surface area contributed by atoms with Crippen molar-refractivity contribution in [1.82, 2.24) is 9.47 Å². The molecule has 1 atom stereocenters. The number of ether oxygens (including phenoxy) is 1. The zero-order valence-corrected chi connectivity index (χ0v) is 26.5. The first-order valence-electron chi connectivity index (χ1n) is 15.2. The number of nitrogens with zero attached hydrogens (tertiary/aromatic N) is 4. The summed E-state index contributed by atoms with van der Waals surface area (Å²) in [6.07, 6.45) is 1.80. The average Bonchev–Trinajstić information content (AvgIpc) is 3.50. The Morgan fingerprint density at radius 1 is 1.00 bits per heavy atom. The number of allylic oxidation sites excluding steroid dienone is 1. The second-order valence-corrected chi connectivity index (χ2v) is 12.0. The Hall–Kier alpha value is -4.50. The van der Waals surface area contributed by atoms with Gasteiger partial charge in [0.2, 0.25) is 0 Å². The molecule has 0 saturated heterocycles. The minimum absolute atomic E-state index is 0.179. The Balaban J connectivity index is 1.70. The highest BCUT2D eigenvalue weighted by Gasteiger charge is 2.39. The number of aromatic nitrogens is 1. The minimum Gasteiger partial charge on any atom is -0.496 e. The highest BCUT2D eigenvalue weighted by atomic mass is 32.1. The van der Waals surface area contributed by atoms with Crippen molar-refractivity contribution < 1.29 is 14.3 Å². The van der Waals surface area contributed by atoms with Gasteiger partial charge in [-0.2, -0.15) is 0 Å². The van der Waals surface area contributed by atoms with E-state index in [4.69, 9.17) is 9.73 Å². The Morgan fingerprint density at radius 2 is 1.73 bits per heavy atom. The zero-order chi connectivity index (χ0) is 31.1. The lowest BCUT2D eigenvalue weighted by Crippen LogP contribution is -2.43. The van der Waals surface area contributed by atoms with E-state index >= 15 is 0 Å². The summed E-state index contributed by atoms with van der Waals surface area (Å²) in [6.45, 7) is 9.39. The Morgan fingerprint density at radius 3 is 2.45 bits per heavy atom. The number of hydrogen-bond donors (Lipinski definition) is 0. The van der Waals surface area contributed by atoms with Gasteiger partial charge in [-0.1, -0.05) is 73.2 Å². The number of para-hydroxylation sites is 1. The van der Waals surface area contributed by atoms with Crippen molar-refractivity contribution in [3.8, 4) is 5.75 Å². The van der Waals surface area contributed by atoms with Gasteiger partial charge < -0.3 is 14.5 Å². The van der Waals surface area contributed by atoms with Crippen molar-refractivity contribution in [2.24, 2.45) is 4.99 Å². The van der Waals surface area contributed by atoms with Gasteiger partial charge in [0.1, 0.15) is 16.3 Å². The van der Waals surface area contributed by atoms with E-state index in [2.05, 4.69) is 6.92 Å². The number of carbonyl (C=O) groups is 2. The Labute approximate surface area is 260 Å². The Kier molecular flexibility index (Phi) is 7.98. The number of rotatable bonds is 8. The van der Waals surface area contributed by atoms with Crippen LogP contribution in [0.4, 0.5) is 5.69 Å². The standard InChI is InChI=1S/C35H36N4O4S/c1-6-9-20-38-25-17-13-12-16-24(25)29(33(38)41)31-34(42)39-30(28-23-15-11-10-14-22(23)18-19-26(28)43-5)27(21(4)36-35(39)44-31)32(40)37(7-2)8-3/h10-19,30H,6-9,20H2,1-5H3/b31-29-/t30-/m1/s1. The molecular weight excluding hydrogens is 572 g/mol. The number of benzene rings is 3. The fourth-order valence-electron chi connectivity index (χ4n) is 6.37. The van der Waals surface area contributed by atoms with Crippen molar-refractivity contribution in [3.63, 3.8) is 0 Å². The minimum atomic E-state index is -0.808. The molecule has 3 aromatic carbocycles. The van der Waals surface area contributed by atoms with Crippen LogP contribution in [0, 0.1) is 0 Å². The second-order valence-electron chi connectivity index (χ2n) is 11.0. The summed E-state index contributed by atoms with van der Waals surface area (Å²) in [4.78, 5) is 51.7. The lowest BCUT2D eigenvalue weighted by molar-refractivity contribution is -0.127. The molecule has 0 unspecified atom stereocenters. The average molecular weight is 609 g/mol. The van der Waals surface area contributed by atoms with Gasteiger partial charge in [0.05, 0.1) is 29.6 Å². The van der Waals surface area contributed by atoms with Gasteiger partial charge in [0.25, 0.3) is 17.4 Å². The number of fused-ring (bicyclic) bond motifs is 3. The predicted molar refractivity (Wildman–Crippen MR) is 175 cm³/mol. The Bertz CT molecular complexity index is 2020. The van der Waals surface area contributed by atoms with E-state index < -0.39 is 6.04 Å². The first-order chi connectivity index (χ1) is 21.4. The number of hydrogen-bond acceptors (Lipinski definition) is 6. The summed E-state index contributed by atoms with van der Waals surface area (Å²) in [5, 5.41) is 1.84. The van der Waals surface area contributed by atoms with Crippen LogP contribution in [0.15, 0.2) is 81.7 Å². The molecule has 226 valence electrons. The summed E-state index contributed by atoms with van der Waals surface area (Å²) in [5.74, 6) is 0.209. The topological polar surface area (TPSA) is 84.2 Å². The maximum Gasteiger partial charge on any atom is 0.271 e. The van der Waals surface area contributed by atoms with Crippen molar-refractivity contribution in [1.29, 1.82) is 0 Å². The number of carbonyl (C=O) groups excluding carboxylic acids is 2. The van der Waals surface area contributed by atoms with Gasteiger partial charge in [-0.3, -0.25) is 19.0 Å². The third-order valence-electron chi connectivity index (χ3n) is 8.59. The molecule has 44 heavy (non-hydrogen) atoms. The van der Waals surface area contributed by atoms with Crippen LogP contribution in [-0.2, 0) is 9.59 Å². The maximum absolute atomic E-state index is 14.7. The van der Waals surface area contributed by atoms with E-state index in [9.17, 15) is 14.4 Å². The molecule has 9 heteroatoms. The number of anilines is 1. The van der Waals surface area contributed by atoms with Crippen LogP contribution in [0.2, 0.25) is 0 Å². The molecule has 0 N–H and O–H groups in total. The molecule has 0 bridgehead atoms. The molecule has 0 fully saturated rings. The molecule has 0 saturated carbocycles. The number of likely N-dealkylation sites (N-methyl/N-ethyl adjacent to an activating group) is 1. The lowest BCUT2D eigenvalue weighted by atomic mass is 9.90. The van der Waals surface area contributed by atoms with E-state index in [0.717, 1.165) is 40.4 Å². The molecule has 2 amide bonds. The summed E-state index contributed by atoms with van der Waals surface area (Å²) in [6, 6.07) is 18.6. The maximum atomic E-state index is 14.7. The van der Waals surface area contributed by atoms with Crippen LogP contribution < -0.4 is 24.5 Å². The number of amides is 2. The number of thiazole rings is 1. The van der Waals surface area contributed by atoms with Crippen LogP contribution in [0.1, 0.15) is 57.7 Å². The van der Waals surface area contributed by atoms with Crippen LogP contribution in [-0.4, -0.2) is 48.0 Å². The summed E-state index contributed by atoms with van der Waals surface area (Å²) in [7, 11) is 1.60. The van der Waals surface area contributed by atoms with Crippen LogP contribution >= 0.6 is 11.3 Å². The quantitative estimate of drug-likeness (QED) is 0.288. The molecule has 2 aliphatic rings. The second kappa shape index (κ2) is 11.9. The summed E-state index contributed by atoms with van der Waals surface area (Å²) < 4.78 is 7.83. The smallest absolute Gasteiger partial charge is 0.271 e. The van der Waals surface area contributed by atoms with E-state index in [0.29, 0.717) is 51.6 Å². The zero-order valence-electron chi connectivity index (χ0n) is 25.7. The molecule has 0 aliphatic carbocycles. The molecule has 2 aliphatic heterocycles. The molecule has 0 radical (unpaired) electrons. The molecule has 8 nitrogen and oxygen atoms in total. The third-order valence-corrected chi connectivity index (χ3v) is 9.64. The van der Waals surface area contributed by atoms with Gasteiger partial charge in [0.15, 0.2) is 4.80 Å². The van der Waals surface area contributed by atoms with Crippen molar-refractivity contribution in [2.75, 3.05) is 31.6 Å². The van der Waals surface area contributed by atoms with Crippen molar-refractivity contribution in [3.05, 3.63) is 103 Å². The highest BCUT2D eigenvalue weighted by molar-refractivity contribution is 7.07. The SMILES string of the molecule is CCCCN1C(=O)/C(=c2\sc3n(c2=O)[C@@H](c2c(OC)ccc4ccccc24)C(C(=O)N(CC)CC)=C(C)N=3)c2ccccc21. The van der Waals surface area contributed by atoms with Crippen LogP contribution in [0.5, 0.6) is 5.75 Å². The predicted octanol–water partition coefficient (Wildman–Crippen LogP) is 4.78. The molecule has 0 spiro atoms. The summed E-state index contributed by atoms with van der Waals surface area (Å²) in [5.41, 5.74) is 3.29. The molecule has 6 rings (SSSR count). The fourth-order valence-corrected chi connectivity index (χ4v) is 7.51. The number of methoxy groups -OCH3 is 1. The monoisotopic (exact) mass is 608 g/mol. The van der Waals surface area contributed by atoms with Gasteiger partial charge in [-0.25, -0.2) is 4.99 Å². The molecule has 1 aromatic heterocycles. The highest BCUT2D eigenvalue weighted by Crippen LogP contribution is 2.41. The molecule has 4 aromatic rings. The van der Waals surface area contributed by atoms with Crippen molar-refractivity contribution >= 4 is 45.2 Å². The normalized spacial score (nSPS) is 17.1. The van der Waals surface area contributed by atoms with Crippen molar-refractivity contribution in [2.45, 2.75) is 46.6 Å². The van der Waals surface area contributed by atoms with Gasteiger partial charge in [-0.05, 0) is 50.1 Å². The lowest BCUT2D eigenvalue weighted by Gasteiger charge is -2.30. The van der Waals surface area contributed by atoms with Gasteiger partial charge in [0, 0.05) is 30.8 Å². The van der Waals surface area contributed by atoms with Crippen LogP contribution in [0.25, 0.3) is 16.3 Å². The largest absolute Gasteiger partial charge is 0.496 e. The summed E-state index contributed by atoms with van der Waals surface area (Å²) >= 11 is 1.21. The first kappa shape index (κ1) is 29.6. The third kappa shape index (κ3) is 4.57.